The number of hydrogen-bond donors (Lipinski definition) is 2. The zero-order valence-corrected chi connectivity index (χ0v) is 13.2. The van der Waals surface area contributed by atoms with Crippen molar-refractivity contribution in [1.29, 1.82) is 0 Å². The molecule has 3 rings (SSSR count). The summed E-state index contributed by atoms with van der Waals surface area (Å²) in [6.45, 7) is 6.19. The molecule has 1 aromatic carbocycles. The van der Waals surface area contributed by atoms with E-state index in [1.54, 1.807) is 6.33 Å². The van der Waals surface area contributed by atoms with Crippen LogP contribution in [0, 0.1) is 5.92 Å². The maximum absolute atomic E-state index is 6.31. The Labute approximate surface area is 131 Å². The third-order valence-corrected chi connectivity index (χ3v) is 4.02. The largest absolute Gasteiger partial charge is 0.393 e. The summed E-state index contributed by atoms with van der Waals surface area (Å²) in [5.74, 6) is 2.18. The molecule has 0 aliphatic carbocycles. The van der Waals surface area contributed by atoms with E-state index < -0.39 is 0 Å². The first-order valence-corrected chi connectivity index (χ1v) is 7.86. The van der Waals surface area contributed by atoms with Gasteiger partial charge in [0, 0.05) is 18.8 Å². The Bertz CT molecular complexity index is 653. The van der Waals surface area contributed by atoms with Gasteiger partial charge in [0.25, 0.3) is 0 Å². The molecule has 0 amide bonds. The molecule has 0 bridgehead atoms. The second-order valence-electron chi connectivity index (χ2n) is 6.10. The zero-order chi connectivity index (χ0) is 15.5. The molecule has 5 nitrogen and oxygen atoms in total. The van der Waals surface area contributed by atoms with Gasteiger partial charge in [0.1, 0.15) is 12.0 Å². The lowest BCUT2D eigenvalue weighted by atomic mass is 10.1. The van der Waals surface area contributed by atoms with Crippen LogP contribution in [0.4, 0.5) is 23.0 Å². The topological polar surface area (TPSA) is 67.1 Å². The number of fused-ring (bicyclic) bond motifs is 1. The predicted octanol–water partition coefficient (Wildman–Crippen LogP) is 3.21. The number of para-hydroxylation sites is 1. The number of aromatic nitrogens is 2. The van der Waals surface area contributed by atoms with Gasteiger partial charge in [-0.15, -0.1) is 0 Å². The zero-order valence-electron chi connectivity index (χ0n) is 13.2. The van der Waals surface area contributed by atoms with Crippen LogP contribution >= 0.6 is 0 Å². The molecule has 116 valence electrons. The van der Waals surface area contributed by atoms with E-state index in [0.717, 1.165) is 37.6 Å². The Kier molecular flexibility index (Phi) is 4.13. The number of nitrogens with zero attached hydrogens (tertiary/aromatic N) is 3. The SMILES string of the molecule is CC(C)CCNc1ncnc(N2CCc3ccccc32)c1N. The van der Waals surface area contributed by atoms with Crippen molar-refractivity contribution in [2.75, 3.05) is 29.0 Å². The molecule has 2 heterocycles. The third-order valence-electron chi connectivity index (χ3n) is 4.02. The van der Waals surface area contributed by atoms with E-state index in [2.05, 4.69) is 58.3 Å². The second kappa shape index (κ2) is 6.22. The molecule has 1 aromatic heterocycles. The Balaban J connectivity index is 1.83. The van der Waals surface area contributed by atoms with Crippen molar-refractivity contribution < 1.29 is 0 Å². The second-order valence-corrected chi connectivity index (χ2v) is 6.10. The van der Waals surface area contributed by atoms with E-state index in [4.69, 9.17) is 5.73 Å². The highest BCUT2D eigenvalue weighted by Crippen LogP contribution is 2.37. The molecular formula is C17H23N5. The van der Waals surface area contributed by atoms with E-state index in [0.29, 0.717) is 11.6 Å². The van der Waals surface area contributed by atoms with Crippen molar-refractivity contribution in [2.24, 2.45) is 5.92 Å². The summed E-state index contributed by atoms with van der Waals surface area (Å²) in [6, 6.07) is 8.41. The van der Waals surface area contributed by atoms with Crippen molar-refractivity contribution in [3.8, 4) is 0 Å². The standard InChI is InChI=1S/C17H23N5/c1-12(2)7-9-19-16-15(18)17(21-11-20-16)22-10-8-13-5-3-4-6-14(13)22/h3-6,11-12H,7-10,18H2,1-2H3,(H,19,20,21). The van der Waals surface area contributed by atoms with Gasteiger partial charge in [0.2, 0.25) is 0 Å². The highest BCUT2D eigenvalue weighted by Gasteiger charge is 2.23. The number of nitrogens with two attached hydrogens (primary N) is 1. The normalized spacial score (nSPS) is 13.5. The van der Waals surface area contributed by atoms with Crippen molar-refractivity contribution in [2.45, 2.75) is 26.7 Å². The first-order valence-electron chi connectivity index (χ1n) is 7.86. The summed E-state index contributed by atoms with van der Waals surface area (Å²) in [6.07, 6.45) is 3.70. The molecule has 2 aromatic rings. The Morgan fingerprint density at radius 3 is 2.91 bits per heavy atom. The molecule has 1 aliphatic heterocycles. The Morgan fingerprint density at radius 2 is 2.09 bits per heavy atom. The first kappa shape index (κ1) is 14.6. The Hall–Kier alpha value is -2.30. The van der Waals surface area contributed by atoms with Crippen LogP contribution < -0.4 is 16.0 Å². The summed E-state index contributed by atoms with van der Waals surface area (Å²) < 4.78 is 0. The molecular weight excluding hydrogens is 274 g/mol. The van der Waals surface area contributed by atoms with Crippen molar-refractivity contribution in [3.63, 3.8) is 0 Å². The molecule has 0 fully saturated rings. The maximum Gasteiger partial charge on any atom is 0.161 e. The lowest BCUT2D eigenvalue weighted by Crippen LogP contribution is -2.18. The highest BCUT2D eigenvalue weighted by molar-refractivity contribution is 5.81. The van der Waals surface area contributed by atoms with Gasteiger partial charge in [-0.1, -0.05) is 32.0 Å². The average molecular weight is 297 g/mol. The van der Waals surface area contributed by atoms with Crippen LogP contribution in [0.1, 0.15) is 25.8 Å². The van der Waals surface area contributed by atoms with Gasteiger partial charge in [0.15, 0.2) is 11.6 Å². The molecule has 0 unspecified atom stereocenters. The Morgan fingerprint density at radius 1 is 1.27 bits per heavy atom. The summed E-state index contributed by atoms with van der Waals surface area (Å²) in [5, 5.41) is 3.33. The van der Waals surface area contributed by atoms with Crippen molar-refractivity contribution in [3.05, 3.63) is 36.2 Å². The molecule has 3 N–H and O–H groups in total. The van der Waals surface area contributed by atoms with Crippen LogP contribution in [0.25, 0.3) is 0 Å². The fraction of sp³-hybridized carbons (Fsp3) is 0.412. The van der Waals surface area contributed by atoms with Gasteiger partial charge in [0.05, 0.1) is 0 Å². The quantitative estimate of drug-likeness (QED) is 0.887. The maximum atomic E-state index is 6.31. The van der Waals surface area contributed by atoms with Gasteiger partial charge in [-0.3, -0.25) is 0 Å². The minimum atomic E-state index is 0.628. The molecule has 22 heavy (non-hydrogen) atoms. The molecule has 0 spiro atoms. The lowest BCUT2D eigenvalue weighted by Gasteiger charge is -2.21. The molecule has 0 atom stereocenters. The van der Waals surface area contributed by atoms with E-state index in [9.17, 15) is 0 Å². The molecule has 1 aliphatic rings. The van der Waals surface area contributed by atoms with E-state index in [-0.39, 0.29) is 0 Å². The van der Waals surface area contributed by atoms with Gasteiger partial charge in [-0.25, -0.2) is 9.97 Å². The van der Waals surface area contributed by atoms with Gasteiger partial charge in [-0.05, 0) is 30.4 Å². The number of anilines is 4. The van der Waals surface area contributed by atoms with Gasteiger partial charge < -0.3 is 16.0 Å². The van der Waals surface area contributed by atoms with Crippen LogP contribution in [-0.4, -0.2) is 23.1 Å². The number of hydrogen-bond acceptors (Lipinski definition) is 5. The van der Waals surface area contributed by atoms with E-state index in [1.807, 2.05) is 0 Å². The minimum absolute atomic E-state index is 0.628. The lowest BCUT2D eigenvalue weighted by molar-refractivity contribution is 0.606. The van der Waals surface area contributed by atoms with Crippen LogP contribution in [0.5, 0.6) is 0 Å². The number of nitrogens with one attached hydrogen (secondary N) is 1. The summed E-state index contributed by atoms with van der Waals surface area (Å²) in [5.41, 5.74) is 9.47. The minimum Gasteiger partial charge on any atom is -0.393 e. The molecule has 0 saturated heterocycles. The van der Waals surface area contributed by atoms with Crippen molar-refractivity contribution in [1.82, 2.24) is 9.97 Å². The summed E-state index contributed by atoms with van der Waals surface area (Å²) >= 11 is 0. The summed E-state index contributed by atoms with van der Waals surface area (Å²) in [4.78, 5) is 10.9. The fourth-order valence-electron chi connectivity index (χ4n) is 2.78. The number of benzene rings is 1. The van der Waals surface area contributed by atoms with E-state index >= 15 is 0 Å². The van der Waals surface area contributed by atoms with Gasteiger partial charge >= 0.3 is 0 Å². The number of nitrogen functional groups attached to an aromatic ring is 1. The van der Waals surface area contributed by atoms with Crippen LogP contribution in [0.3, 0.4) is 0 Å². The van der Waals surface area contributed by atoms with Crippen LogP contribution in [-0.2, 0) is 6.42 Å². The predicted molar refractivity (Wildman–Crippen MR) is 91.5 cm³/mol. The fourth-order valence-corrected chi connectivity index (χ4v) is 2.78. The monoisotopic (exact) mass is 297 g/mol. The average Bonchev–Trinajstić information content (AvgIpc) is 2.93. The van der Waals surface area contributed by atoms with Crippen LogP contribution in [0.2, 0.25) is 0 Å². The summed E-state index contributed by atoms with van der Waals surface area (Å²) in [7, 11) is 0. The smallest absolute Gasteiger partial charge is 0.161 e. The van der Waals surface area contributed by atoms with Crippen LogP contribution in [0.15, 0.2) is 30.6 Å². The highest BCUT2D eigenvalue weighted by atomic mass is 15.2. The molecule has 5 heteroatoms. The van der Waals surface area contributed by atoms with Gasteiger partial charge in [-0.2, -0.15) is 0 Å². The molecule has 0 radical (unpaired) electrons. The first-order chi connectivity index (χ1) is 10.7. The molecule has 0 saturated carbocycles. The van der Waals surface area contributed by atoms with E-state index in [1.165, 1.54) is 11.3 Å². The number of rotatable bonds is 5. The third kappa shape index (κ3) is 2.84. The van der Waals surface area contributed by atoms with Crippen molar-refractivity contribution >= 4 is 23.0 Å².